The first kappa shape index (κ1) is 22.0. The van der Waals surface area contributed by atoms with Gasteiger partial charge in [-0.25, -0.2) is 9.38 Å². The van der Waals surface area contributed by atoms with E-state index in [1.165, 1.54) is 16.9 Å². The predicted molar refractivity (Wildman–Crippen MR) is 136 cm³/mol. The van der Waals surface area contributed by atoms with E-state index in [1.807, 2.05) is 67.6 Å². The van der Waals surface area contributed by atoms with Crippen molar-refractivity contribution >= 4 is 33.4 Å². The van der Waals surface area contributed by atoms with E-state index in [-0.39, 0.29) is 5.56 Å². The lowest BCUT2D eigenvalue weighted by molar-refractivity contribution is 0.210. The number of thiazole rings is 1. The molecule has 0 fully saturated rings. The molecule has 3 aromatic carbocycles. The normalized spacial score (nSPS) is 11.9. The van der Waals surface area contributed by atoms with Gasteiger partial charge in [-0.2, -0.15) is 0 Å². The van der Waals surface area contributed by atoms with Crippen molar-refractivity contribution < 1.29 is 14.2 Å². The van der Waals surface area contributed by atoms with Crippen molar-refractivity contribution in [2.75, 3.05) is 20.3 Å². The summed E-state index contributed by atoms with van der Waals surface area (Å²) in [4.78, 5) is 18.2. The van der Waals surface area contributed by atoms with E-state index in [2.05, 4.69) is 18.0 Å². The summed E-state index contributed by atoms with van der Waals surface area (Å²) in [7, 11) is 1.60. The molecule has 0 bridgehead atoms. The first-order valence-electron chi connectivity index (χ1n) is 11.0. The standard InChI is InChI=1S/C27H24N2O4S/c1-17-8-10-22(18(2)14-17)32-12-13-33-23-11-9-19(15-24(23)31-3)16-25-26(30)29-21-7-5-4-6-20(21)28-27(29)34-25/h4-11,14-16H,12-13H2,1-3H3/b25-16-. The lowest BCUT2D eigenvalue weighted by atomic mass is 10.1. The Hall–Kier alpha value is -3.84. The highest BCUT2D eigenvalue weighted by atomic mass is 32.1. The Bertz CT molecular complexity index is 1600. The second-order valence-electron chi connectivity index (χ2n) is 8.01. The van der Waals surface area contributed by atoms with E-state index in [0.717, 1.165) is 27.9 Å². The third kappa shape index (κ3) is 4.22. The summed E-state index contributed by atoms with van der Waals surface area (Å²) in [5, 5.41) is 0. The quantitative estimate of drug-likeness (QED) is 0.326. The van der Waals surface area contributed by atoms with Gasteiger partial charge < -0.3 is 14.2 Å². The van der Waals surface area contributed by atoms with Crippen molar-refractivity contribution in [2.24, 2.45) is 0 Å². The largest absolute Gasteiger partial charge is 0.493 e. The van der Waals surface area contributed by atoms with Gasteiger partial charge in [0.1, 0.15) is 19.0 Å². The zero-order valence-electron chi connectivity index (χ0n) is 19.2. The van der Waals surface area contributed by atoms with Crippen LogP contribution >= 0.6 is 11.3 Å². The SMILES string of the molecule is COc1cc(/C=c2\sc3nc4ccccc4n3c2=O)ccc1OCCOc1ccc(C)cc1C. The average Bonchev–Trinajstić information content (AvgIpc) is 3.34. The average molecular weight is 473 g/mol. The molecule has 6 nitrogen and oxygen atoms in total. The summed E-state index contributed by atoms with van der Waals surface area (Å²) in [6, 6.07) is 19.4. The van der Waals surface area contributed by atoms with E-state index in [9.17, 15) is 4.79 Å². The van der Waals surface area contributed by atoms with Crippen LogP contribution in [0.1, 0.15) is 16.7 Å². The molecule has 0 saturated carbocycles. The second-order valence-corrected chi connectivity index (χ2v) is 9.02. The number of hydrogen-bond donors (Lipinski definition) is 0. The fourth-order valence-electron chi connectivity index (χ4n) is 3.92. The molecular formula is C27H24N2O4S. The van der Waals surface area contributed by atoms with Gasteiger partial charge in [0.05, 0.1) is 22.7 Å². The lowest BCUT2D eigenvalue weighted by Gasteiger charge is -2.13. The molecule has 5 aromatic rings. The second kappa shape index (κ2) is 9.19. The van der Waals surface area contributed by atoms with Gasteiger partial charge in [-0.05, 0) is 61.4 Å². The number of para-hydroxylation sites is 2. The maximum atomic E-state index is 13.0. The van der Waals surface area contributed by atoms with Crippen molar-refractivity contribution in [1.29, 1.82) is 0 Å². The number of rotatable bonds is 7. The van der Waals surface area contributed by atoms with Crippen LogP contribution in [0.3, 0.4) is 0 Å². The molecule has 7 heteroatoms. The fraction of sp³-hybridized carbons (Fsp3) is 0.185. The van der Waals surface area contributed by atoms with Gasteiger partial charge in [-0.15, -0.1) is 0 Å². The molecule has 0 spiro atoms. The third-order valence-electron chi connectivity index (χ3n) is 5.56. The molecule has 172 valence electrons. The summed E-state index contributed by atoms with van der Waals surface area (Å²) in [5.41, 5.74) is 4.73. The van der Waals surface area contributed by atoms with E-state index in [4.69, 9.17) is 14.2 Å². The number of aryl methyl sites for hydroxylation is 2. The highest BCUT2D eigenvalue weighted by Gasteiger charge is 2.11. The van der Waals surface area contributed by atoms with Gasteiger partial charge in [0.2, 0.25) is 0 Å². The maximum Gasteiger partial charge on any atom is 0.274 e. The number of ether oxygens (including phenoxy) is 3. The van der Waals surface area contributed by atoms with Crippen molar-refractivity contribution in [2.45, 2.75) is 13.8 Å². The molecule has 34 heavy (non-hydrogen) atoms. The van der Waals surface area contributed by atoms with E-state index < -0.39 is 0 Å². The van der Waals surface area contributed by atoms with Crippen LogP contribution < -0.4 is 24.3 Å². The van der Waals surface area contributed by atoms with Gasteiger partial charge in [0, 0.05) is 0 Å². The van der Waals surface area contributed by atoms with Crippen LogP contribution in [0.25, 0.3) is 22.1 Å². The number of nitrogens with zero attached hydrogens (tertiary/aromatic N) is 2. The maximum absolute atomic E-state index is 13.0. The minimum atomic E-state index is -0.0726. The number of aromatic nitrogens is 2. The van der Waals surface area contributed by atoms with E-state index in [1.54, 1.807) is 11.5 Å². The van der Waals surface area contributed by atoms with Crippen LogP contribution in [-0.4, -0.2) is 29.7 Å². The number of benzene rings is 3. The zero-order valence-corrected chi connectivity index (χ0v) is 20.0. The van der Waals surface area contributed by atoms with Gasteiger partial charge >= 0.3 is 0 Å². The number of methoxy groups -OCH3 is 1. The number of hydrogen-bond acceptors (Lipinski definition) is 6. The molecule has 0 radical (unpaired) electrons. The topological polar surface area (TPSA) is 62.1 Å². The molecule has 5 rings (SSSR count). The summed E-state index contributed by atoms with van der Waals surface area (Å²) in [6.45, 7) is 4.89. The Kier molecular flexibility index (Phi) is 5.94. The molecule has 0 unspecified atom stereocenters. The summed E-state index contributed by atoms with van der Waals surface area (Å²) in [6.07, 6.45) is 1.85. The highest BCUT2D eigenvalue weighted by molar-refractivity contribution is 7.15. The zero-order chi connectivity index (χ0) is 23.7. The summed E-state index contributed by atoms with van der Waals surface area (Å²) < 4.78 is 19.5. The van der Waals surface area contributed by atoms with Crippen LogP contribution in [0.2, 0.25) is 0 Å². The van der Waals surface area contributed by atoms with Crippen LogP contribution in [0.4, 0.5) is 0 Å². The van der Waals surface area contributed by atoms with E-state index in [0.29, 0.717) is 34.2 Å². The monoisotopic (exact) mass is 472 g/mol. The molecule has 0 aliphatic carbocycles. The Balaban J connectivity index is 1.33. The van der Waals surface area contributed by atoms with Gasteiger partial charge in [-0.1, -0.05) is 47.2 Å². The molecule has 0 atom stereocenters. The first-order chi connectivity index (χ1) is 16.5. The lowest BCUT2D eigenvalue weighted by Crippen LogP contribution is -2.22. The van der Waals surface area contributed by atoms with Crippen molar-refractivity contribution in [3.05, 3.63) is 92.2 Å². The first-order valence-corrected chi connectivity index (χ1v) is 11.8. The molecule has 2 heterocycles. The Morgan fingerprint density at radius 1 is 0.941 bits per heavy atom. The predicted octanol–water partition coefficient (Wildman–Crippen LogP) is 4.54. The molecule has 2 aromatic heterocycles. The van der Waals surface area contributed by atoms with E-state index >= 15 is 0 Å². The molecule has 0 amide bonds. The van der Waals surface area contributed by atoms with Gasteiger partial charge in [-0.3, -0.25) is 4.79 Å². The van der Waals surface area contributed by atoms with Crippen molar-refractivity contribution in [3.63, 3.8) is 0 Å². The number of imidazole rings is 1. The van der Waals surface area contributed by atoms with Crippen LogP contribution in [0.5, 0.6) is 17.2 Å². The number of fused-ring (bicyclic) bond motifs is 3. The smallest absolute Gasteiger partial charge is 0.274 e. The van der Waals surface area contributed by atoms with Crippen molar-refractivity contribution in [3.8, 4) is 17.2 Å². The summed E-state index contributed by atoms with van der Waals surface area (Å²) >= 11 is 1.37. The Morgan fingerprint density at radius 2 is 1.71 bits per heavy atom. The highest BCUT2D eigenvalue weighted by Crippen LogP contribution is 2.28. The molecule has 0 saturated heterocycles. The van der Waals surface area contributed by atoms with Gasteiger partial charge in [0.15, 0.2) is 16.5 Å². The van der Waals surface area contributed by atoms with Crippen molar-refractivity contribution in [1.82, 2.24) is 9.38 Å². The minimum absolute atomic E-state index is 0.0726. The van der Waals surface area contributed by atoms with Gasteiger partial charge in [0.25, 0.3) is 5.56 Å². The molecular weight excluding hydrogens is 448 g/mol. The molecule has 0 aliphatic heterocycles. The fourth-order valence-corrected chi connectivity index (χ4v) is 4.91. The Labute approximate surface area is 200 Å². The third-order valence-corrected chi connectivity index (χ3v) is 6.53. The molecule has 0 aliphatic rings. The Morgan fingerprint density at radius 3 is 2.50 bits per heavy atom. The van der Waals surface area contributed by atoms with Crippen LogP contribution in [0.15, 0.2) is 65.5 Å². The van der Waals surface area contributed by atoms with Crippen LogP contribution in [0, 0.1) is 13.8 Å². The van der Waals surface area contributed by atoms with Crippen LogP contribution in [-0.2, 0) is 0 Å². The minimum Gasteiger partial charge on any atom is -0.493 e. The summed E-state index contributed by atoms with van der Waals surface area (Å²) in [5.74, 6) is 2.08. The molecule has 0 N–H and O–H groups in total.